The van der Waals surface area contributed by atoms with E-state index in [1.165, 1.54) is 0 Å². The molecule has 4 rings (SSSR count). The zero-order valence-corrected chi connectivity index (χ0v) is 15.2. The number of pyridine rings is 1. The fraction of sp³-hybridized carbons (Fsp3) is 0.0417. The molecule has 0 radical (unpaired) electrons. The summed E-state index contributed by atoms with van der Waals surface area (Å²) in [5.41, 5.74) is 4.70. The predicted molar refractivity (Wildman–Crippen MR) is 112 cm³/mol. The molecule has 1 aromatic heterocycles. The first-order chi connectivity index (χ1) is 13.8. The van der Waals surface area contributed by atoms with E-state index in [-0.39, 0.29) is 5.75 Å². The van der Waals surface area contributed by atoms with Gasteiger partial charge in [-0.2, -0.15) is 0 Å². The van der Waals surface area contributed by atoms with E-state index >= 15 is 0 Å². The third-order valence-corrected chi connectivity index (χ3v) is 4.31. The monoisotopic (exact) mass is 368 g/mol. The van der Waals surface area contributed by atoms with Crippen molar-refractivity contribution in [1.82, 2.24) is 4.98 Å². The molecule has 0 atom stereocenters. The van der Waals surface area contributed by atoms with E-state index in [4.69, 9.17) is 4.74 Å². The molecule has 0 aliphatic heterocycles. The molecule has 4 aromatic rings. The van der Waals surface area contributed by atoms with Crippen molar-refractivity contribution in [3.63, 3.8) is 0 Å². The summed E-state index contributed by atoms with van der Waals surface area (Å²) in [6, 6.07) is 29.0. The van der Waals surface area contributed by atoms with Crippen molar-refractivity contribution < 1.29 is 9.84 Å². The Kier molecular flexibility index (Phi) is 5.20. The number of anilines is 2. The van der Waals surface area contributed by atoms with Crippen molar-refractivity contribution in [3.05, 3.63) is 103 Å². The molecule has 0 aliphatic rings. The van der Waals surface area contributed by atoms with Crippen LogP contribution in [-0.4, -0.2) is 10.1 Å². The molecule has 4 nitrogen and oxygen atoms in total. The third kappa shape index (κ3) is 4.30. The number of phenols is 1. The van der Waals surface area contributed by atoms with Crippen molar-refractivity contribution in [1.29, 1.82) is 0 Å². The van der Waals surface area contributed by atoms with Gasteiger partial charge in [-0.05, 0) is 41.5 Å². The fourth-order valence-corrected chi connectivity index (χ4v) is 2.90. The molecule has 138 valence electrons. The van der Waals surface area contributed by atoms with Crippen LogP contribution in [0.15, 0.2) is 97.2 Å². The summed E-state index contributed by atoms with van der Waals surface area (Å²) in [6.45, 7) is 0.435. The summed E-state index contributed by atoms with van der Waals surface area (Å²) < 4.78 is 6.01. The molecule has 2 N–H and O–H groups in total. The molecule has 4 heteroatoms. The second-order valence-electron chi connectivity index (χ2n) is 6.39. The van der Waals surface area contributed by atoms with Crippen molar-refractivity contribution >= 4 is 11.4 Å². The summed E-state index contributed by atoms with van der Waals surface area (Å²) in [5.74, 6) is 0.773. The first-order valence-electron chi connectivity index (χ1n) is 9.06. The zero-order chi connectivity index (χ0) is 19.2. The van der Waals surface area contributed by atoms with Crippen LogP contribution in [0.5, 0.6) is 11.6 Å². The average Bonchev–Trinajstić information content (AvgIpc) is 2.75. The Morgan fingerprint density at radius 1 is 0.786 bits per heavy atom. The largest absolute Gasteiger partial charge is 0.508 e. The predicted octanol–water partition coefficient (Wildman–Crippen LogP) is 5.78. The molecule has 0 unspecified atom stereocenters. The summed E-state index contributed by atoms with van der Waals surface area (Å²) in [4.78, 5) is 4.54. The van der Waals surface area contributed by atoms with Gasteiger partial charge in [0.1, 0.15) is 12.4 Å². The van der Waals surface area contributed by atoms with E-state index in [2.05, 4.69) is 10.3 Å². The molecular weight excluding hydrogens is 348 g/mol. The second kappa shape index (κ2) is 8.27. The molecule has 0 spiro atoms. The van der Waals surface area contributed by atoms with Gasteiger partial charge < -0.3 is 15.2 Å². The number of benzene rings is 3. The van der Waals surface area contributed by atoms with Gasteiger partial charge in [0.15, 0.2) is 0 Å². The highest BCUT2D eigenvalue weighted by Crippen LogP contribution is 2.33. The normalized spacial score (nSPS) is 10.4. The van der Waals surface area contributed by atoms with E-state index in [1.54, 1.807) is 18.3 Å². The average molecular weight is 368 g/mol. The van der Waals surface area contributed by atoms with E-state index in [0.717, 1.165) is 28.1 Å². The zero-order valence-electron chi connectivity index (χ0n) is 15.2. The van der Waals surface area contributed by atoms with E-state index in [9.17, 15) is 5.11 Å². The topological polar surface area (TPSA) is 54.4 Å². The summed E-state index contributed by atoms with van der Waals surface area (Å²) in [7, 11) is 0. The number of hydrogen-bond acceptors (Lipinski definition) is 4. The van der Waals surface area contributed by atoms with Gasteiger partial charge in [0.2, 0.25) is 5.88 Å². The van der Waals surface area contributed by atoms with Gasteiger partial charge in [-0.25, -0.2) is 4.98 Å². The maximum atomic E-state index is 9.62. The Bertz CT molecular complexity index is 1030. The first-order valence-corrected chi connectivity index (χ1v) is 9.06. The number of hydrogen-bond donors (Lipinski definition) is 2. The minimum atomic E-state index is 0.224. The van der Waals surface area contributed by atoms with Crippen LogP contribution in [0.4, 0.5) is 11.4 Å². The lowest BCUT2D eigenvalue weighted by molar-refractivity contribution is 0.295. The SMILES string of the molecule is Oc1ccc(-c2cc(Nc3ccccc3)cnc2OCc2ccccc2)cc1. The third-order valence-electron chi connectivity index (χ3n) is 4.31. The fourth-order valence-electron chi connectivity index (χ4n) is 2.90. The van der Waals surface area contributed by atoms with Gasteiger partial charge >= 0.3 is 0 Å². The van der Waals surface area contributed by atoms with Crippen molar-refractivity contribution in [3.8, 4) is 22.8 Å². The van der Waals surface area contributed by atoms with Gasteiger partial charge in [0, 0.05) is 11.3 Å². The minimum absolute atomic E-state index is 0.224. The molecule has 0 amide bonds. The first kappa shape index (κ1) is 17.6. The van der Waals surface area contributed by atoms with Crippen molar-refractivity contribution in [2.24, 2.45) is 0 Å². The summed E-state index contributed by atoms with van der Waals surface area (Å²) in [5, 5.41) is 13.0. The number of para-hydroxylation sites is 1. The lowest BCUT2D eigenvalue weighted by Gasteiger charge is -2.14. The van der Waals surface area contributed by atoms with Crippen LogP contribution in [0.25, 0.3) is 11.1 Å². The highest BCUT2D eigenvalue weighted by Gasteiger charge is 2.11. The van der Waals surface area contributed by atoms with E-state index in [0.29, 0.717) is 12.5 Å². The molecular formula is C24H20N2O2. The molecule has 0 fully saturated rings. The lowest BCUT2D eigenvalue weighted by atomic mass is 10.1. The van der Waals surface area contributed by atoms with Crippen LogP contribution >= 0.6 is 0 Å². The Labute approximate surface area is 164 Å². The molecule has 0 aliphatic carbocycles. The maximum absolute atomic E-state index is 9.62. The Balaban J connectivity index is 1.65. The number of rotatable bonds is 6. The number of nitrogens with zero attached hydrogens (tertiary/aromatic N) is 1. The van der Waals surface area contributed by atoms with Crippen LogP contribution in [0.2, 0.25) is 0 Å². The second-order valence-corrected chi connectivity index (χ2v) is 6.39. The van der Waals surface area contributed by atoms with E-state index in [1.807, 2.05) is 78.9 Å². The van der Waals surface area contributed by atoms with Gasteiger partial charge in [-0.3, -0.25) is 0 Å². The number of nitrogens with one attached hydrogen (secondary N) is 1. The summed E-state index contributed by atoms with van der Waals surface area (Å²) >= 11 is 0. The Morgan fingerprint density at radius 2 is 1.46 bits per heavy atom. The quantitative estimate of drug-likeness (QED) is 0.453. The summed E-state index contributed by atoms with van der Waals surface area (Å²) in [6.07, 6.45) is 1.76. The number of aromatic nitrogens is 1. The molecule has 28 heavy (non-hydrogen) atoms. The molecule has 1 heterocycles. The van der Waals surface area contributed by atoms with E-state index < -0.39 is 0 Å². The molecule has 0 bridgehead atoms. The minimum Gasteiger partial charge on any atom is -0.508 e. The lowest BCUT2D eigenvalue weighted by Crippen LogP contribution is -2.00. The number of phenolic OH excluding ortho intramolecular Hbond substituents is 1. The molecule has 0 saturated heterocycles. The highest BCUT2D eigenvalue weighted by molar-refractivity contribution is 5.74. The Morgan fingerprint density at radius 3 is 2.18 bits per heavy atom. The van der Waals surface area contributed by atoms with Crippen LogP contribution < -0.4 is 10.1 Å². The van der Waals surface area contributed by atoms with Crippen LogP contribution in [0.3, 0.4) is 0 Å². The van der Waals surface area contributed by atoms with Gasteiger partial charge in [0.05, 0.1) is 11.9 Å². The molecule has 0 saturated carbocycles. The molecule has 3 aromatic carbocycles. The van der Waals surface area contributed by atoms with Crippen LogP contribution in [0, 0.1) is 0 Å². The highest BCUT2D eigenvalue weighted by atomic mass is 16.5. The van der Waals surface area contributed by atoms with Crippen molar-refractivity contribution in [2.75, 3.05) is 5.32 Å². The number of ether oxygens (including phenoxy) is 1. The van der Waals surface area contributed by atoms with Gasteiger partial charge in [-0.15, -0.1) is 0 Å². The van der Waals surface area contributed by atoms with Gasteiger partial charge in [-0.1, -0.05) is 60.7 Å². The Hall–Kier alpha value is -3.79. The van der Waals surface area contributed by atoms with Gasteiger partial charge in [0.25, 0.3) is 0 Å². The smallest absolute Gasteiger partial charge is 0.221 e. The van der Waals surface area contributed by atoms with Crippen LogP contribution in [-0.2, 0) is 6.61 Å². The maximum Gasteiger partial charge on any atom is 0.221 e. The van der Waals surface area contributed by atoms with Crippen molar-refractivity contribution in [2.45, 2.75) is 6.61 Å². The van der Waals surface area contributed by atoms with Crippen LogP contribution in [0.1, 0.15) is 5.56 Å². The number of aromatic hydroxyl groups is 1. The standard InChI is InChI=1S/C24H20N2O2/c27-22-13-11-19(12-14-22)23-15-21(26-20-9-5-2-6-10-20)16-25-24(23)28-17-18-7-3-1-4-8-18/h1-16,26-27H,17H2.